The van der Waals surface area contributed by atoms with Crippen LogP contribution in [0.3, 0.4) is 0 Å². The Hall–Kier alpha value is -1.13. The third kappa shape index (κ3) is 4.42. The number of rotatable bonds is 5. The van der Waals surface area contributed by atoms with Crippen LogP contribution in [0.15, 0.2) is 18.2 Å². The van der Waals surface area contributed by atoms with E-state index in [1.807, 2.05) is 6.92 Å². The molecule has 0 spiro atoms. The average molecular weight is 313 g/mol. The van der Waals surface area contributed by atoms with E-state index in [0.717, 1.165) is 32.4 Å². The summed E-state index contributed by atoms with van der Waals surface area (Å²) in [5, 5.41) is 3.63. The fourth-order valence-corrected chi connectivity index (χ4v) is 2.91. The molecule has 1 aromatic carbocycles. The minimum absolute atomic E-state index is 0.113. The topological polar surface area (TPSA) is 32.3 Å². The fraction of sp³-hybridized carbons (Fsp3) is 0.562. The first-order chi connectivity index (χ1) is 10.1. The molecule has 1 amide bonds. The van der Waals surface area contributed by atoms with Crippen LogP contribution < -0.4 is 5.32 Å². The minimum atomic E-state index is -0.543. The molecule has 1 aliphatic heterocycles. The van der Waals surface area contributed by atoms with Crippen molar-refractivity contribution >= 4 is 17.5 Å². The van der Waals surface area contributed by atoms with Gasteiger partial charge in [-0.3, -0.25) is 4.79 Å². The summed E-state index contributed by atoms with van der Waals surface area (Å²) in [6.07, 6.45) is 3.00. The zero-order chi connectivity index (χ0) is 15.2. The molecule has 0 aromatic heterocycles. The van der Waals surface area contributed by atoms with Crippen molar-refractivity contribution in [2.45, 2.75) is 26.2 Å². The summed E-state index contributed by atoms with van der Waals surface area (Å²) in [4.78, 5) is 14.3. The molecule has 21 heavy (non-hydrogen) atoms. The van der Waals surface area contributed by atoms with Crippen molar-refractivity contribution in [2.24, 2.45) is 5.92 Å². The molecule has 5 heteroatoms. The summed E-state index contributed by atoms with van der Waals surface area (Å²) in [7, 11) is 0. The predicted molar refractivity (Wildman–Crippen MR) is 83.2 cm³/mol. The number of carbonyl (C=O) groups excluding carboxylic acids is 1. The average Bonchev–Trinajstić information content (AvgIpc) is 2.47. The lowest BCUT2D eigenvalue weighted by Gasteiger charge is -2.30. The molecule has 0 aliphatic carbocycles. The summed E-state index contributed by atoms with van der Waals surface area (Å²) < 4.78 is 13.9. The molecule has 0 bridgehead atoms. The second kappa shape index (κ2) is 7.76. The number of benzene rings is 1. The Kier molecular flexibility index (Phi) is 6.00. The van der Waals surface area contributed by atoms with Gasteiger partial charge in [-0.15, -0.1) is 0 Å². The van der Waals surface area contributed by atoms with Crippen LogP contribution in [0.2, 0.25) is 5.02 Å². The van der Waals surface area contributed by atoms with Gasteiger partial charge in [0.25, 0.3) is 5.91 Å². The van der Waals surface area contributed by atoms with E-state index in [4.69, 9.17) is 11.6 Å². The lowest BCUT2D eigenvalue weighted by Crippen LogP contribution is -2.40. The van der Waals surface area contributed by atoms with Crippen molar-refractivity contribution in [2.75, 3.05) is 26.2 Å². The van der Waals surface area contributed by atoms with Crippen molar-refractivity contribution < 1.29 is 9.18 Å². The van der Waals surface area contributed by atoms with Gasteiger partial charge in [-0.25, -0.2) is 4.39 Å². The molecular formula is C16H22ClFN2O. The van der Waals surface area contributed by atoms with Gasteiger partial charge >= 0.3 is 0 Å². The van der Waals surface area contributed by atoms with E-state index in [-0.39, 0.29) is 11.5 Å². The van der Waals surface area contributed by atoms with Gasteiger partial charge in [-0.1, -0.05) is 18.5 Å². The highest BCUT2D eigenvalue weighted by Crippen LogP contribution is 2.19. The van der Waals surface area contributed by atoms with Crippen molar-refractivity contribution in [3.8, 4) is 0 Å². The summed E-state index contributed by atoms with van der Waals surface area (Å²) in [6, 6.07) is 4.24. The maximum atomic E-state index is 13.9. The van der Waals surface area contributed by atoms with Gasteiger partial charge in [0.05, 0.1) is 5.56 Å². The summed E-state index contributed by atoms with van der Waals surface area (Å²) in [6.45, 7) is 5.38. The number of hydrogen-bond acceptors (Lipinski definition) is 2. The molecule has 1 aromatic rings. The number of piperidine rings is 1. The zero-order valence-corrected chi connectivity index (χ0v) is 13.1. The van der Waals surface area contributed by atoms with Gasteiger partial charge in [0.15, 0.2) is 0 Å². The molecule has 2 rings (SSSR count). The molecule has 1 N–H and O–H groups in total. The van der Waals surface area contributed by atoms with Gasteiger partial charge in [-0.2, -0.15) is 0 Å². The Balaban J connectivity index is 2.10. The van der Waals surface area contributed by atoms with Crippen molar-refractivity contribution in [3.05, 3.63) is 34.6 Å². The Morgan fingerprint density at radius 3 is 2.76 bits per heavy atom. The van der Waals surface area contributed by atoms with E-state index < -0.39 is 5.82 Å². The Labute approximate surface area is 130 Å². The van der Waals surface area contributed by atoms with Gasteiger partial charge in [-0.05, 0) is 56.5 Å². The van der Waals surface area contributed by atoms with E-state index in [2.05, 4.69) is 5.32 Å². The largest absolute Gasteiger partial charge is 0.338 e. The highest BCUT2D eigenvalue weighted by molar-refractivity contribution is 6.30. The van der Waals surface area contributed by atoms with Gasteiger partial charge in [0, 0.05) is 18.1 Å². The molecule has 0 saturated carbocycles. The molecule has 116 valence electrons. The van der Waals surface area contributed by atoms with Crippen molar-refractivity contribution in [1.29, 1.82) is 0 Å². The monoisotopic (exact) mass is 312 g/mol. The third-order valence-electron chi connectivity index (χ3n) is 3.88. The first-order valence-electron chi connectivity index (χ1n) is 7.57. The van der Waals surface area contributed by atoms with Crippen LogP contribution in [0.25, 0.3) is 0 Å². The van der Waals surface area contributed by atoms with Crippen molar-refractivity contribution in [1.82, 2.24) is 10.2 Å². The number of nitrogens with one attached hydrogen (secondary N) is 1. The molecular weight excluding hydrogens is 291 g/mol. The van der Waals surface area contributed by atoms with Gasteiger partial charge in [0.1, 0.15) is 5.82 Å². The highest BCUT2D eigenvalue weighted by atomic mass is 35.5. The lowest BCUT2D eigenvalue weighted by atomic mass is 9.97. The predicted octanol–water partition coefficient (Wildman–Crippen LogP) is 3.33. The maximum absolute atomic E-state index is 13.9. The van der Waals surface area contributed by atoms with E-state index in [1.165, 1.54) is 12.1 Å². The maximum Gasteiger partial charge on any atom is 0.256 e. The van der Waals surface area contributed by atoms with Crippen LogP contribution >= 0.6 is 11.6 Å². The van der Waals surface area contributed by atoms with Gasteiger partial charge in [0.2, 0.25) is 0 Å². The van der Waals surface area contributed by atoms with Crippen LogP contribution in [-0.2, 0) is 0 Å². The smallest absolute Gasteiger partial charge is 0.256 e. The molecule has 1 aliphatic rings. The first-order valence-corrected chi connectivity index (χ1v) is 7.94. The zero-order valence-electron chi connectivity index (χ0n) is 12.4. The molecule has 0 radical (unpaired) electrons. The van der Waals surface area contributed by atoms with Crippen LogP contribution in [-0.4, -0.2) is 37.0 Å². The van der Waals surface area contributed by atoms with Crippen LogP contribution in [0, 0.1) is 11.7 Å². The number of hydrogen-bond donors (Lipinski definition) is 1. The number of carbonyl (C=O) groups is 1. The summed E-state index contributed by atoms with van der Waals surface area (Å²) >= 11 is 5.75. The van der Waals surface area contributed by atoms with E-state index >= 15 is 0 Å². The van der Waals surface area contributed by atoms with Crippen LogP contribution in [0.5, 0.6) is 0 Å². The normalized spacial score (nSPS) is 16.0. The molecule has 0 unspecified atom stereocenters. The second-order valence-corrected chi connectivity index (χ2v) is 6.01. The highest BCUT2D eigenvalue weighted by Gasteiger charge is 2.23. The fourth-order valence-electron chi connectivity index (χ4n) is 2.75. The lowest BCUT2D eigenvalue weighted by molar-refractivity contribution is 0.0711. The van der Waals surface area contributed by atoms with Gasteiger partial charge < -0.3 is 10.2 Å². The molecule has 0 atom stereocenters. The minimum Gasteiger partial charge on any atom is -0.338 e. The number of amides is 1. The SMILES string of the molecule is CCCN(CC1CCNCC1)C(=O)c1ccc(Cl)cc1F. The Morgan fingerprint density at radius 2 is 2.14 bits per heavy atom. The summed E-state index contributed by atoms with van der Waals surface area (Å²) in [5.41, 5.74) is 0.113. The van der Waals surface area contributed by atoms with Crippen molar-refractivity contribution in [3.63, 3.8) is 0 Å². The third-order valence-corrected chi connectivity index (χ3v) is 4.11. The summed E-state index contributed by atoms with van der Waals surface area (Å²) in [5.74, 6) is -0.277. The van der Waals surface area contributed by atoms with E-state index in [9.17, 15) is 9.18 Å². The molecule has 1 saturated heterocycles. The molecule has 1 fully saturated rings. The van der Waals surface area contributed by atoms with Crippen LogP contribution in [0.4, 0.5) is 4.39 Å². The standard InChI is InChI=1S/C16H22ClFN2O/c1-2-9-20(11-12-5-7-19-8-6-12)16(21)14-4-3-13(17)10-15(14)18/h3-4,10,12,19H,2,5-9,11H2,1H3. The number of halogens is 2. The quantitative estimate of drug-likeness (QED) is 0.904. The first kappa shape index (κ1) is 16.2. The Morgan fingerprint density at radius 1 is 1.43 bits per heavy atom. The molecule has 3 nitrogen and oxygen atoms in total. The Bertz CT molecular complexity index is 489. The van der Waals surface area contributed by atoms with Crippen LogP contribution in [0.1, 0.15) is 36.5 Å². The second-order valence-electron chi connectivity index (χ2n) is 5.57. The van der Waals surface area contributed by atoms with E-state index in [0.29, 0.717) is 24.0 Å². The van der Waals surface area contributed by atoms with E-state index in [1.54, 1.807) is 11.0 Å². The molecule has 1 heterocycles. The number of nitrogens with zero attached hydrogens (tertiary/aromatic N) is 1.